The van der Waals surface area contributed by atoms with Gasteiger partial charge in [0.05, 0.1) is 56.9 Å². The van der Waals surface area contributed by atoms with E-state index in [1.165, 1.54) is 0 Å². The van der Waals surface area contributed by atoms with Gasteiger partial charge in [-0.1, -0.05) is 66.7 Å². The number of hydrogen-bond acceptors (Lipinski definition) is 6. The molecule has 51 heavy (non-hydrogen) atoms. The van der Waals surface area contributed by atoms with Crippen LogP contribution in [0.1, 0.15) is 16.7 Å². The smallest absolute Gasteiger partial charge is 0.194 e. The third-order valence-corrected chi connectivity index (χ3v) is 8.78. The molecule has 0 unspecified atom stereocenters. The zero-order valence-electron chi connectivity index (χ0n) is 26.3. The van der Waals surface area contributed by atoms with Crippen LogP contribution < -0.4 is 0 Å². The van der Waals surface area contributed by atoms with Gasteiger partial charge in [-0.2, -0.15) is 15.8 Å². The Kier molecular flexibility index (Phi) is 7.41. The quantitative estimate of drug-likeness (QED) is 0.137. The molecular formula is C42H19F3N6. The number of fused-ring (bicyclic) bond motifs is 5. The first-order valence-electron chi connectivity index (χ1n) is 15.6. The van der Waals surface area contributed by atoms with Crippen LogP contribution >= 0.6 is 0 Å². The lowest BCUT2D eigenvalue weighted by atomic mass is 9.94. The summed E-state index contributed by atoms with van der Waals surface area (Å²) >= 11 is 0. The van der Waals surface area contributed by atoms with Gasteiger partial charge in [-0.15, -0.1) is 0 Å². The molecule has 6 aromatic carbocycles. The van der Waals surface area contributed by atoms with E-state index in [0.717, 1.165) is 17.5 Å². The van der Waals surface area contributed by atoms with Crippen LogP contribution in [0.5, 0.6) is 0 Å². The first-order valence-corrected chi connectivity index (χ1v) is 15.6. The van der Waals surface area contributed by atoms with Gasteiger partial charge in [-0.3, -0.25) is 0 Å². The van der Waals surface area contributed by atoms with Gasteiger partial charge in [0.15, 0.2) is 17.5 Å². The average Bonchev–Trinajstić information content (AvgIpc) is 3.18. The second-order valence-corrected chi connectivity index (χ2v) is 11.8. The van der Waals surface area contributed by atoms with Crippen molar-refractivity contribution in [2.24, 2.45) is 0 Å². The Labute approximate surface area is 288 Å². The maximum absolute atomic E-state index is 14.0. The van der Waals surface area contributed by atoms with Crippen LogP contribution in [-0.4, -0.2) is 15.0 Å². The number of nitrogens with zero attached hydrogens (tertiary/aromatic N) is 6. The lowest BCUT2D eigenvalue weighted by Gasteiger charge is -2.16. The number of rotatable bonds is 4. The average molecular weight is 665 g/mol. The van der Waals surface area contributed by atoms with E-state index in [-0.39, 0.29) is 11.1 Å². The molecular weight excluding hydrogens is 645 g/mol. The molecule has 0 spiro atoms. The van der Waals surface area contributed by atoms with Crippen molar-refractivity contribution in [3.05, 3.63) is 149 Å². The van der Waals surface area contributed by atoms with Crippen LogP contribution in [0, 0.1) is 51.4 Å². The third-order valence-electron chi connectivity index (χ3n) is 8.78. The summed E-state index contributed by atoms with van der Waals surface area (Å²) < 4.78 is 41.7. The molecule has 8 rings (SSSR count). The second kappa shape index (κ2) is 12.2. The number of aromatic nitrogens is 3. The van der Waals surface area contributed by atoms with Crippen molar-refractivity contribution in [1.29, 1.82) is 15.8 Å². The van der Waals surface area contributed by atoms with E-state index in [1.54, 1.807) is 78.9 Å². The van der Waals surface area contributed by atoms with E-state index in [9.17, 15) is 29.0 Å². The molecule has 9 heteroatoms. The zero-order chi connectivity index (χ0) is 35.2. The predicted octanol–water partition coefficient (Wildman–Crippen LogP) is 10.0. The lowest BCUT2D eigenvalue weighted by Crippen LogP contribution is -2.00. The zero-order valence-corrected chi connectivity index (χ0v) is 26.3. The largest absolute Gasteiger partial charge is 0.247 e. The summed E-state index contributed by atoms with van der Waals surface area (Å²) in [6.45, 7) is 0. The minimum atomic E-state index is -1.53. The highest BCUT2D eigenvalue weighted by Gasteiger charge is 2.22. The number of nitriles is 3. The third kappa shape index (κ3) is 5.25. The van der Waals surface area contributed by atoms with Gasteiger partial charge in [-0.05, 0) is 59.7 Å². The minimum absolute atomic E-state index is 0.177. The van der Waals surface area contributed by atoms with Gasteiger partial charge in [0.25, 0.3) is 0 Å². The molecule has 0 atom stereocenters. The van der Waals surface area contributed by atoms with Crippen LogP contribution in [-0.2, 0) is 0 Å². The SMILES string of the molecule is N#Cc1ccc(-c2nc3c(C#N)cc4c(-c5ccc(-c6cc(F)c(F)c(F)c6)cc5)nc5ccccc5c4c3nc2-c2ccc(C#N)cc2)cc1. The summed E-state index contributed by atoms with van der Waals surface area (Å²) in [5.74, 6) is -4.09. The van der Waals surface area contributed by atoms with Crippen LogP contribution in [0.15, 0.2) is 115 Å². The van der Waals surface area contributed by atoms with E-state index in [2.05, 4.69) is 18.2 Å². The van der Waals surface area contributed by atoms with E-state index in [0.29, 0.717) is 77.8 Å². The first kappa shape index (κ1) is 30.9. The monoisotopic (exact) mass is 664 g/mol. The van der Waals surface area contributed by atoms with Crippen LogP contribution in [0.2, 0.25) is 0 Å². The van der Waals surface area contributed by atoms with Crippen LogP contribution in [0.3, 0.4) is 0 Å². The number of halogens is 3. The molecule has 0 aliphatic heterocycles. The molecule has 0 amide bonds. The highest BCUT2D eigenvalue weighted by Crippen LogP contribution is 2.40. The summed E-state index contributed by atoms with van der Waals surface area (Å²) in [5, 5.41) is 31.4. The van der Waals surface area contributed by atoms with Crippen molar-refractivity contribution in [3.63, 3.8) is 0 Å². The van der Waals surface area contributed by atoms with E-state index in [1.807, 2.05) is 24.3 Å². The molecule has 8 aromatic rings. The fourth-order valence-electron chi connectivity index (χ4n) is 6.29. The predicted molar refractivity (Wildman–Crippen MR) is 188 cm³/mol. The lowest BCUT2D eigenvalue weighted by molar-refractivity contribution is 0.448. The molecule has 0 saturated carbocycles. The molecule has 6 nitrogen and oxygen atoms in total. The minimum Gasteiger partial charge on any atom is -0.247 e. The van der Waals surface area contributed by atoms with E-state index < -0.39 is 17.5 Å². The molecule has 238 valence electrons. The molecule has 0 aliphatic rings. The van der Waals surface area contributed by atoms with Crippen LogP contribution in [0.25, 0.3) is 77.6 Å². The fraction of sp³-hybridized carbons (Fsp3) is 0. The Morgan fingerprint density at radius 3 is 1.53 bits per heavy atom. The molecule has 0 N–H and O–H groups in total. The second-order valence-electron chi connectivity index (χ2n) is 11.8. The molecule has 2 heterocycles. The van der Waals surface area contributed by atoms with Crippen molar-refractivity contribution >= 4 is 32.7 Å². The van der Waals surface area contributed by atoms with Crippen molar-refractivity contribution in [2.45, 2.75) is 0 Å². The molecule has 0 radical (unpaired) electrons. The van der Waals surface area contributed by atoms with Gasteiger partial charge >= 0.3 is 0 Å². The van der Waals surface area contributed by atoms with E-state index in [4.69, 9.17) is 15.0 Å². The van der Waals surface area contributed by atoms with Gasteiger partial charge in [0.1, 0.15) is 11.6 Å². The maximum atomic E-state index is 14.0. The Balaban J connectivity index is 1.42. The van der Waals surface area contributed by atoms with Gasteiger partial charge in [0.2, 0.25) is 0 Å². The number of para-hydroxylation sites is 1. The van der Waals surface area contributed by atoms with Gasteiger partial charge in [-0.25, -0.2) is 28.1 Å². The maximum Gasteiger partial charge on any atom is 0.194 e. The number of hydrogen-bond donors (Lipinski definition) is 0. The molecule has 0 saturated heterocycles. The topological polar surface area (TPSA) is 110 Å². The van der Waals surface area contributed by atoms with Crippen molar-refractivity contribution in [3.8, 4) is 63.1 Å². The Morgan fingerprint density at radius 2 is 0.961 bits per heavy atom. The number of pyridine rings is 1. The standard InChI is InChI=1S/C42H19F3N6/c43-33-18-29(19-34(44)37(33)45)25-13-15-26(16-14-25)38-32-17-30(22-48)41-42(36(32)31-3-1-2-4-35(31)49-38)51-40(28-11-7-24(21-47)8-12-28)39(50-41)27-9-5-23(20-46)6-10-27/h1-19H. The summed E-state index contributed by atoms with van der Waals surface area (Å²) in [6.07, 6.45) is 0. The highest BCUT2D eigenvalue weighted by atomic mass is 19.2. The van der Waals surface area contributed by atoms with Gasteiger partial charge < -0.3 is 0 Å². The van der Waals surface area contributed by atoms with Crippen molar-refractivity contribution in [2.75, 3.05) is 0 Å². The van der Waals surface area contributed by atoms with E-state index >= 15 is 0 Å². The molecule has 0 bridgehead atoms. The highest BCUT2D eigenvalue weighted by molar-refractivity contribution is 6.22. The normalized spacial score (nSPS) is 11.0. The Bertz CT molecular complexity index is 2820. The summed E-state index contributed by atoms with van der Waals surface area (Å²) in [5.41, 5.74) is 6.97. The molecule has 2 aromatic heterocycles. The summed E-state index contributed by atoms with van der Waals surface area (Å²) in [6, 6.07) is 38.5. The molecule has 0 aliphatic carbocycles. The summed E-state index contributed by atoms with van der Waals surface area (Å²) in [7, 11) is 0. The van der Waals surface area contributed by atoms with Crippen LogP contribution in [0.4, 0.5) is 13.2 Å². The van der Waals surface area contributed by atoms with Crippen molar-refractivity contribution in [1.82, 2.24) is 15.0 Å². The number of benzene rings is 6. The fourth-order valence-corrected chi connectivity index (χ4v) is 6.29. The Morgan fingerprint density at radius 1 is 0.451 bits per heavy atom. The Hall–Kier alpha value is -7.41. The summed E-state index contributed by atoms with van der Waals surface area (Å²) in [4.78, 5) is 15.3. The molecule has 0 fully saturated rings. The first-order chi connectivity index (χ1) is 24.9. The van der Waals surface area contributed by atoms with Crippen molar-refractivity contribution < 1.29 is 13.2 Å². The van der Waals surface area contributed by atoms with Gasteiger partial charge in [0, 0.05) is 32.8 Å².